The molecule has 0 spiro atoms. The summed E-state index contributed by atoms with van der Waals surface area (Å²) in [6, 6.07) is 30.6. The number of benzene rings is 5. The van der Waals surface area contributed by atoms with Gasteiger partial charge in [-0.15, -0.1) is 0 Å². The van der Waals surface area contributed by atoms with E-state index in [1.165, 1.54) is 12.1 Å². The van der Waals surface area contributed by atoms with Crippen LogP contribution in [-0.2, 0) is 13.2 Å². The first-order valence-corrected chi connectivity index (χ1v) is 13.7. The van der Waals surface area contributed by atoms with Gasteiger partial charge in [0.25, 0.3) is 0 Å². The van der Waals surface area contributed by atoms with E-state index >= 15 is 0 Å². The van der Waals surface area contributed by atoms with E-state index in [0.717, 1.165) is 54.6 Å². The highest BCUT2D eigenvalue weighted by molar-refractivity contribution is 6.05. The SMILES string of the molecule is Cc1cc(=O)oc2cc(OCc3c4ccccc4c(COc4ccc5c(C)cc(=O)oc5c4)c4ccccc34)ccc12. The Morgan fingerprint density at radius 3 is 1.26 bits per heavy atom. The lowest BCUT2D eigenvalue weighted by Gasteiger charge is -2.18. The molecule has 0 unspecified atom stereocenters. The van der Waals surface area contributed by atoms with Crippen molar-refractivity contribution in [1.29, 1.82) is 0 Å². The maximum absolute atomic E-state index is 11.9. The second kappa shape index (κ2) is 10.2. The van der Waals surface area contributed by atoms with Crippen LogP contribution in [0.4, 0.5) is 0 Å². The molecule has 0 saturated carbocycles. The largest absolute Gasteiger partial charge is 0.489 e. The molecule has 0 aliphatic heterocycles. The number of hydrogen-bond donors (Lipinski definition) is 0. The topological polar surface area (TPSA) is 78.9 Å². The fourth-order valence-corrected chi connectivity index (χ4v) is 5.72. The molecule has 0 radical (unpaired) electrons. The maximum Gasteiger partial charge on any atom is 0.336 e. The van der Waals surface area contributed by atoms with Gasteiger partial charge in [0.05, 0.1) is 0 Å². The minimum absolute atomic E-state index is 0.326. The van der Waals surface area contributed by atoms with Gasteiger partial charge in [-0.3, -0.25) is 0 Å². The predicted molar refractivity (Wildman–Crippen MR) is 165 cm³/mol. The predicted octanol–water partition coefficient (Wildman–Crippen LogP) is 7.98. The Kier molecular flexibility index (Phi) is 6.24. The Hall–Kier alpha value is -5.36. The van der Waals surface area contributed by atoms with Crippen LogP contribution in [0.1, 0.15) is 22.3 Å². The van der Waals surface area contributed by atoms with Gasteiger partial charge in [-0.25, -0.2) is 9.59 Å². The molecule has 6 nitrogen and oxygen atoms in total. The Labute approximate surface area is 240 Å². The molecule has 0 fully saturated rings. The van der Waals surface area contributed by atoms with Gasteiger partial charge >= 0.3 is 11.3 Å². The molecule has 0 aliphatic rings. The third-order valence-corrected chi connectivity index (χ3v) is 7.77. The molecule has 0 aliphatic carbocycles. The van der Waals surface area contributed by atoms with Crippen molar-refractivity contribution in [3.63, 3.8) is 0 Å². The zero-order valence-corrected chi connectivity index (χ0v) is 23.1. The quantitative estimate of drug-likeness (QED) is 0.153. The average molecular weight is 555 g/mol. The van der Waals surface area contributed by atoms with Crippen LogP contribution in [0.5, 0.6) is 11.5 Å². The van der Waals surface area contributed by atoms with Crippen LogP contribution in [0.2, 0.25) is 0 Å². The molecule has 7 rings (SSSR count). The zero-order valence-electron chi connectivity index (χ0n) is 23.1. The van der Waals surface area contributed by atoms with Crippen molar-refractivity contribution in [1.82, 2.24) is 0 Å². The number of fused-ring (bicyclic) bond motifs is 4. The van der Waals surface area contributed by atoms with Crippen molar-refractivity contribution in [3.05, 3.63) is 140 Å². The zero-order chi connectivity index (χ0) is 28.8. The van der Waals surface area contributed by atoms with Crippen molar-refractivity contribution in [2.24, 2.45) is 0 Å². The third kappa shape index (κ3) is 4.57. The normalized spacial score (nSPS) is 11.5. The lowest BCUT2D eigenvalue weighted by atomic mass is 9.92. The molecule has 42 heavy (non-hydrogen) atoms. The summed E-state index contributed by atoms with van der Waals surface area (Å²) in [4.78, 5) is 23.8. The number of aryl methyl sites for hydroxylation is 2. The summed E-state index contributed by atoms with van der Waals surface area (Å²) < 4.78 is 23.4. The first-order chi connectivity index (χ1) is 20.4. The van der Waals surface area contributed by atoms with Gasteiger partial charge in [0.1, 0.15) is 35.9 Å². The van der Waals surface area contributed by atoms with Crippen LogP contribution >= 0.6 is 0 Å². The van der Waals surface area contributed by atoms with Gasteiger partial charge in [-0.05, 0) is 70.8 Å². The molecule has 0 amide bonds. The van der Waals surface area contributed by atoms with E-state index in [-0.39, 0.29) is 11.3 Å². The highest BCUT2D eigenvalue weighted by atomic mass is 16.5. The summed E-state index contributed by atoms with van der Waals surface area (Å²) in [7, 11) is 0. The van der Waals surface area contributed by atoms with Crippen molar-refractivity contribution < 1.29 is 18.3 Å². The van der Waals surface area contributed by atoms with Gasteiger partial charge < -0.3 is 18.3 Å². The Balaban J connectivity index is 1.26. The van der Waals surface area contributed by atoms with E-state index in [9.17, 15) is 9.59 Å². The monoisotopic (exact) mass is 554 g/mol. The molecule has 7 aromatic rings. The van der Waals surface area contributed by atoms with Crippen LogP contribution in [0.25, 0.3) is 43.5 Å². The fourth-order valence-electron chi connectivity index (χ4n) is 5.72. The maximum atomic E-state index is 11.9. The number of hydrogen-bond acceptors (Lipinski definition) is 6. The molecule has 5 aromatic carbocycles. The van der Waals surface area contributed by atoms with E-state index in [1.54, 1.807) is 12.1 Å². The van der Waals surface area contributed by atoms with Crippen LogP contribution in [0.15, 0.2) is 115 Å². The molecular weight excluding hydrogens is 528 g/mol. The van der Waals surface area contributed by atoms with Gasteiger partial charge in [0, 0.05) is 46.2 Å². The van der Waals surface area contributed by atoms with E-state index in [0.29, 0.717) is 35.9 Å². The highest BCUT2D eigenvalue weighted by Gasteiger charge is 2.16. The van der Waals surface area contributed by atoms with Crippen molar-refractivity contribution >= 4 is 43.5 Å². The van der Waals surface area contributed by atoms with Gasteiger partial charge in [-0.1, -0.05) is 48.5 Å². The summed E-state index contributed by atoms with van der Waals surface area (Å²) >= 11 is 0. The van der Waals surface area contributed by atoms with E-state index in [4.69, 9.17) is 18.3 Å². The summed E-state index contributed by atoms with van der Waals surface area (Å²) in [5.41, 5.74) is 4.09. The molecule has 206 valence electrons. The van der Waals surface area contributed by atoms with Gasteiger partial charge in [-0.2, -0.15) is 0 Å². The van der Waals surface area contributed by atoms with E-state index < -0.39 is 0 Å². The molecular formula is C36H26O6. The van der Waals surface area contributed by atoms with Crippen LogP contribution in [0.3, 0.4) is 0 Å². The van der Waals surface area contributed by atoms with Crippen LogP contribution < -0.4 is 20.7 Å². The van der Waals surface area contributed by atoms with Crippen molar-refractivity contribution in [3.8, 4) is 11.5 Å². The molecule has 0 saturated heterocycles. The third-order valence-electron chi connectivity index (χ3n) is 7.77. The Bertz CT molecular complexity index is 2060. The Morgan fingerprint density at radius 2 is 0.881 bits per heavy atom. The van der Waals surface area contributed by atoms with Crippen LogP contribution in [0, 0.1) is 13.8 Å². The first-order valence-electron chi connectivity index (χ1n) is 13.7. The number of ether oxygens (including phenoxy) is 2. The summed E-state index contributed by atoms with van der Waals surface area (Å²) in [6.07, 6.45) is 0. The minimum atomic E-state index is -0.379. The van der Waals surface area contributed by atoms with E-state index in [1.807, 2.05) is 62.4 Å². The highest BCUT2D eigenvalue weighted by Crippen LogP contribution is 2.35. The molecule has 0 N–H and O–H groups in total. The smallest absolute Gasteiger partial charge is 0.336 e. The fraction of sp³-hybridized carbons (Fsp3) is 0.111. The van der Waals surface area contributed by atoms with Crippen molar-refractivity contribution in [2.75, 3.05) is 0 Å². The molecule has 2 heterocycles. The molecule has 0 bridgehead atoms. The molecule has 6 heteroatoms. The lowest BCUT2D eigenvalue weighted by molar-refractivity contribution is 0.307. The second-order valence-electron chi connectivity index (χ2n) is 10.4. The minimum Gasteiger partial charge on any atom is -0.489 e. The number of rotatable bonds is 6. The Morgan fingerprint density at radius 1 is 0.500 bits per heavy atom. The second-order valence-corrected chi connectivity index (χ2v) is 10.4. The van der Waals surface area contributed by atoms with Gasteiger partial charge in [0.15, 0.2) is 0 Å². The summed E-state index contributed by atoms with van der Waals surface area (Å²) in [6.45, 7) is 4.43. The molecule has 0 atom stereocenters. The first kappa shape index (κ1) is 25.6. The van der Waals surface area contributed by atoms with Crippen LogP contribution in [-0.4, -0.2) is 0 Å². The molecule has 2 aromatic heterocycles. The summed E-state index contributed by atoms with van der Waals surface area (Å²) in [5.74, 6) is 1.24. The average Bonchev–Trinajstić information content (AvgIpc) is 2.98. The standard InChI is InChI=1S/C36H26O6/c1-21-15-35(37)41-33-17-23(11-13-25(21)33)39-19-31-27-7-3-5-9-29(27)32(30-10-6-4-8-28(30)31)20-40-24-12-14-26-22(2)16-36(38)42-34(26)18-24/h3-18H,19-20H2,1-2H3. The van der Waals surface area contributed by atoms with E-state index in [2.05, 4.69) is 24.3 Å². The van der Waals surface area contributed by atoms with Gasteiger partial charge in [0.2, 0.25) is 0 Å². The lowest BCUT2D eigenvalue weighted by Crippen LogP contribution is -2.04. The van der Waals surface area contributed by atoms with Crippen molar-refractivity contribution in [2.45, 2.75) is 27.1 Å². The summed E-state index contributed by atoms with van der Waals surface area (Å²) in [5, 5.41) is 6.03.